The minimum absolute atomic E-state index is 0.239. The third-order valence-electron chi connectivity index (χ3n) is 7.72. The fourth-order valence-corrected chi connectivity index (χ4v) is 6.07. The van der Waals surface area contributed by atoms with Gasteiger partial charge in [-0.2, -0.15) is 0 Å². The van der Waals surface area contributed by atoms with Crippen molar-refractivity contribution in [2.75, 3.05) is 19.0 Å². The van der Waals surface area contributed by atoms with Gasteiger partial charge in [0.1, 0.15) is 17.4 Å². The van der Waals surface area contributed by atoms with Crippen molar-refractivity contribution in [2.45, 2.75) is 71.3 Å². The molecule has 2 N–H and O–H groups in total. The number of aromatic nitrogens is 1. The molecule has 43 heavy (non-hydrogen) atoms. The van der Waals surface area contributed by atoms with Crippen LogP contribution in [0.3, 0.4) is 0 Å². The Morgan fingerprint density at radius 1 is 1.12 bits per heavy atom. The molecule has 0 aliphatic heterocycles. The van der Waals surface area contributed by atoms with Gasteiger partial charge in [0.2, 0.25) is 0 Å². The normalized spacial score (nSPS) is 14.1. The van der Waals surface area contributed by atoms with E-state index in [0.29, 0.717) is 24.7 Å². The van der Waals surface area contributed by atoms with E-state index in [1.807, 2.05) is 18.2 Å². The van der Waals surface area contributed by atoms with Crippen LogP contribution in [-0.4, -0.2) is 35.7 Å². The number of amides is 1. The second-order valence-electron chi connectivity index (χ2n) is 10.9. The third-order valence-corrected chi connectivity index (χ3v) is 8.48. The molecule has 4 rings (SSSR count). The van der Waals surface area contributed by atoms with Crippen LogP contribution in [0.25, 0.3) is 17.3 Å². The minimum Gasteiger partial charge on any atom is -0.496 e. The van der Waals surface area contributed by atoms with Crippen molar-refractivity contribution in [3.05, 3.63) is 69.6 Å². The van der Waals surface area contributed by atoms with Gasteiger partial charge in [0.05, 0.1) is 19.4 Å². The highest BCUT2D eigenvalue weighted by atomic mass is 32.1. The van der Waals surface area contributed by atoms with Gasteiger partial charge in [-0.05, 0) is 43.5 Å². The quantitative estimate of drug-likeness (QED) is 0.140. The summed E-state index contributed by atoms with van der Waals surface area (Å²) in [7, 11) is 1.59. The van der Waals surface area contributed by atoms with Crippen molar-refractivity contribution in [3.8, 4) is 17.0 Å². The Morgan fingerprint density at radius 3 is 2.56 bits per heavy atom. The molecule has 1 aliphatic rings. The number of ether oxygens (including phenoxy) is 2. The molecule has 230 valence electrons. The molecule has 0 radical (unpaired) electrons. The first-order valence-electron chi connectivity index (χ1n) is 14.7. The molecule has 3 aromatic rings. The molecule has 10 heteroatoms. The molecule has 1 aromatic heterocycles. The number of hydrogen-bond donors (Lipinski definition) is 2. The van der Waals surface area contributed by atoms with E-state index in [2.05, 4.69) is 10.3 Å². The molecule has 1 aliphatic carbocycles. The van der Waals surface area contributed by atoms with Gasteiger partial charge < -0.3 is 14.6 Å². The summed E-state index contributed by atoms with van der Waals surface area (Å²) in [6.07, 6.45) is 12.6. The standard InChI is InChI=1S/C33H38F2N2O5S/c1-21(32(39)40)16-26-27(34)17-24(18-28(26)35)31(38)37-33-36-29(20-43-33)25-14-9-13-23(30(25)41-2)19-42-15-8-4-7-12-22-10-5-3-6-11-22/h9,13-14,16-18,20,22H,3-8,10-12,15,19H2,1-2H3,(H,39,40)(H,36,37,38)/b21-16+. The van der Waals surface area contributed by atoms with Crippen LogP contribution in [0.2, 0.25) is 0 Å². The van der Waals surface area contributed by atoms with Gasteiger partial charge in [0.15, 0.2) is 5.13 Å². The van der Waals surface area contributed by atoms with E-state index in [4.69, 9.17) is 14.6 Å². The number of methoxy groups -OCH3 is 1. The summed E-state index contributed by atoms with van der Waals surface area (Å²) >= 11 is 1.16. The number of carbonyl (C=O) groups is 2. The van der Waals surface area contributed by atoms with Crippen LogP contribution in [0.4, 0.5) is 13.9 Å². The lowest BCUT2D eigenvalue weighted by Crippen LogP contribution is -2.13. The number of para-hydroxylation sites is 1. The molecule has 2 aromatic carbocycles. The lowest BCUT2D eigenvalue weighted by atomic mass is 9.86. The number of thiazole rings is 1. The summed E-state index contributed by atoms with van der Waals surface area (Å²) < 4.78 is 40.7. The van der Waals surface area contributed by atoms with Gasteiger partial charge in [-0.15, -0.1) is 11.3 Å². The maximum Gasteiger partial charge on any atom is 0.331 e. The van der Waals surface area contributed by atoms with Crippen molar-refractivity contribution < 1.29 is 33.0 Å². The molecule has 0 atom stereocenters. The summed E-state index contributed by atoms with van der Waals surface area (Å²) in [5, 5.41) is 13.5. The second-order valence-corrected chi connectivity index (χ2v) is 11.7. The van der Waals surface area contributed by atoms with E-state index >= 15 is 0 Å². The number of unbranched alkanes of at least 4 members (excludes halogenated alkanes) is 2. The average Bonchev–Trinajstić information content (AvgIpc) is 3.46. The molecule has 1 amide bonds. The van der Waals surface area contributed by atoms with Crippen LogP contribution in [0.5, 0.6) is 5.75 Å². The largest absolute Gasteiger partial charge is 0.496 e. The number of nitrogens with one attached hydrogen (secondary N) is 1. The van der Waals surface area contributed by atoms with E-state index in [9.17, 15) is 18.4 Å². The predicted molar refractivity (Wildman–Crippen MR) is 164 cm³/mol. The first-order chi connectivity index (χ1) is 20.8. The van der Waals surface area contributed by atoms with Crippen LogP contribution < -0.4 is 10.1 Å². The van der Waals surface area contributed by atoms with E-state index in [-0.39, 0.29) is 16.3 Å². The SMILES string of the molecule is COc1c(COCCCCCC2CCCCC2)cccc1-c1csc(NC(=O)c2cc(F)c(/C=C(\C)C(=O)O)c(F)c2)n1. The van der Waals surface area contributed by atoms with Crippen LogP contribution in [0.15, 0.2) is 41.3 Å². The van der Waals surface area contributed by atoms with Gasteiger partial charge in [-0.25, -0.2) is 18.6 Å². The van der Waals surface area contributed by atoms with Crippen molar-refractivity contribution in [2.24, 2.45) is 5.92 Å². The highest BCUT2D eigenvalue weighted by Gasteiger charge is 2.18. The number of carboxylic acid groups (broad SMARTS) is 1. The average molecular weight is 613 g/mol. The zero-order valence-corrected chi connectivity index (χ0v) is 25.4. The van der Waals surface area contributed by atoms with Crippen LogP contribution in [-0.2, 0) is 16.1 Å². The first kappa shape index (κ1) is 32.3. The van der Waals surface area contributed by atoms with Crippen LogP contribution >= 0.6 is 11.3 Å². The maximum absolute atomic E-state index is 14.5. The number of aliphatic carboxylic acids is 1. The molecule has 0 unspecified atom stereocenters. The van der Waals surface area contributed by atoms with Gasteiger partial charge >= 0.3 is 5.97 Å². The number of halogens is 2. The number of nitrogens with zero attached hydrogens (tertiary/aromatic N) is 1. The predicted octanol–water partition coefficient (Wildman–Crippen LogP) is 8.49. The molecule has 1 heterocycles. The van der Waals surface area contributed by atoms with E-state index in [0.717, 1.165) is 53.0 Å². The molecule has 1 fully saturated rings. The zero-order valence-electron chi connectivity index (χ0n) is 24.6. The lowest BCUT2D eigenvalue weighted by molar-refractivity contribution is -0.132. The van der Waals surface area contributed by atoms with Gasteiger partial charge in [-0.3, -0.25) is 10.1 Å². The molecule has 1 saturated carbocycles. The molecule has 0 spiro atoms. The zero-order chi connectivity index (χ0) is 30.8. The highest BCUT2D eigenvalue weighted by molar-refractivity contribution is 7.14. The number of carbonyl (C=O) groups excluding carboxylic acids is 1. The Bertz CT molecular complexity index is 1430. The third kappa shape index (κ3) is 8.93. The fraction of sp³-hybridized carbons (Fsp3) is 0.424. The number of anilines is 1. The van der Waals surface area contributed by atoms with E-state index in [1.165, 1.54) is 58.3 Å². The Hall–Kier alpha value is -3.63. The number of hydrogen-bond acceptors (Lipinski definition) is 6. The topological polar surface area (TPSA) is 97.8 Å². The number of benzene rings is 2. The Kier molecular flexibility index (Phi) is 11.8. The van der Waals surface area contributed by atoms with Gasteiger partial charge in [0.25, 0.3) is 5.91 Å². The monoisotopic (exact) mass is 612 g/mol. The fourth-order valence-electron chi connectivity index (χ4n) is 5.37. The van der Waals surface area contributed by atoms with Crippen LogP contribution in [0, 0.1) is 17.6 Å². The van der Waals surface area contributed by atoms with E-state index < -0.39 is 29.1 Å². The summed E-state index contributed by atoms with van der Waals surface area (Å²) in [5.74, 6) is -2.60. The first-order valence-corrected chi connectivity index (χ1v) is 15.6. The van der Waals surface area contributed by atoms with Crippen molar-refractivity contribution >= 4 is 34.4 Å². The summed E-state index contributed by atoms with van der Waals surface area (Å²) in [4.78, 5) is 28.2. The summed E-state index contributed by atoms with van der Waals surface area (Å²) in [6.45, 7) is 2.31. The molecule has 7 nitrogen and oxygen atoms in total. The van der Waals surface area contributed by atoms with E-state index in [1.54, 1.807) is 12.5 Å². The summed E-state index contributed by atoms with van der Waals surface area (Å²) in [5.41, 5.74) is 1.16. The number of rotatable bonds is 14. The Balaban J connectivity index is 1.34. The highest BCUT2D eigenvalue weighted by Crippen LogP contribution is 2.35. The molecular weight excluding hydrogens is 574 g/mol. The maximum atomic E-state index is 14.5. The lowest BCUT2D eigenvalue weighted by Gasteiger charge is -2.21. The molecule has 0 bridgehead atoms. The Morgan fingerprint density at radius 2 is 1.86 bits per heavy atom. The smallest absolute Gasteiger partial charge is 0.331 e. The summed E-state index contributed by atoms with van der Waals surface area (Å²) in [6, 6.07) is 7.42. The van der Waals surface area contributed by atoms with Crippen LogP contribution in [0.1, 0.15) is 86.2 Å². The Labute approximate surface area is 255 Å². The molecular formula is C33H38F2N2O5S. The minimum atomic E-state index is -1.30. The van der Waals surface area contributed by atoms with Crippen molar-refractivity contribution in [1.29, 1.82) is 0 Å². The van der Waals surface area contributed by atoms with Gasteiger partial charge in [0, 0.05) is 39.8 Å². The van der Waals surface area contributed by atoms with Crippen molar-refractivity contribution in [1.82, 2.24) is 4.98 Å². The molecule has 0 saturated heterocycles. The van der Waals surface area contributed by atoms with Gasteiger partial charge in [-0.1, -0.05) is 63.5 Å². The second kappa shape index (κ2) is 15.7. The van der Waals surface area contributed by atoms with Crippen molar-refractivity contribution in [3.63, 3.8) is 0 Å². The number of carboxylic acids is 1.